The van der Waals surface area contributed by atoms with Gasteiger partial charge in [0.25, 0.3) is 6.43 Å². The highest BCUT2D eigenvalue weighted by Crippen LogP contribution is 2.17. The molecule has 0 heterocycles. The first-order valence-corrected chi connectivity index (χ1v) is 2.38. The summed E-state index contributed by atoms with van der Waals surface area (Å²) < 4.78 is 23.5. The number of alkyl halides is 2. The minimum Gasteiger partial charge on any atom is -0.211 e. The van der Waals surface area contributed by atoms with Crippen LogP contribution in [-0.4, -0.2) is 18.0 Å². The molecular weight excluding hydrogens is 128 g/mol. The molecule has 2 nitrogen and oxygen atoms in total. The molecule has 0 fully saturated rings. The van der Waals surface area contributed by atoms with Crippen LogP contribution >= 0.6 is 0 Å². The summed E-state index contributed by atoms with van der Waals surface area (Å²) in [6.45, 7) is 2.34. The molecule has 0 aromatic heterocycles. The highest BCUT2D eigenvalue weighted by atomic mass is 19.3. The minimum atomic E-state index is -2.61. The van der Waals surface area contributed by atoms with E-state index in [4.69, 9.17) is 0 Å². The average molecular weight is 135 g/mol. The molecule has 0 aliphatic carbocycles. The van der Waals surface area contributed by atoms with Gasteiger partial charge in [0, 0.05) is 0 Å². The SMILES string of the molecule is CC(C)(N=C=O)C(F)F. The van der Waals surface area contributed by atoms with Gasteiger partial charge in [0.1, 0.15) is 5.54 Å². The van der Waals surface area contributed by atoms with Crippen molar-refractivity contribution in [2.24, 2.45) is 4.99 Å². The summed E-state index contributed by atoms with van der Waals surface area (Å²) >= 11 is 0. The molecule has 0 radical (unpaired) electrons. The van der Waals surface area contributed by atoms with Gasteiger partial charge in [-0.25, -0.2) is 13.6 Å². The Bertz CT molecular complexity index is 138. The summed E-state index contributed by atoms with van der Waals surface area (Å²) in [4.78, 5) is 12.4. The molecule has 0 aromatic rings. The molecule has 4 heteroatoms. The summed E-state index contributed by atoms with van der Waals surface area (Å²) in [7, 11) is 0. The number of carbonyl (C=O) groups excluding carboxylic acids is 1. The Kier molecular flexibility index (Phi) is 2.46. The van der Waals surface area contributed by atoms with E-state index in [0.717, 1.165) is 6.08 Å². The Balaban J connectivity index is 4.18. The number of hydrogen-bond donors (Lipinski definition) is 0. The van der Waals surface area contributed by atoms with Crippen molar-refractivity contribution < 1.29 is 13.6 Å². The van der Waals surface area contributed by atoms with E-state index in [1.165, 1.54) is 13.8 Å². The fraction of sp³-hybridized carbons (Fsp3) is 0.800. The van der Waals surface area contributed by atoms with Gasteiger partial charge in [-0.1, -0.05) is 0 Å². The van der Waals surface area contributed by atoms with Crippen molar-refractivity contribution in [3.05, 3.63) is 0 Å². The Hall–Kier alpha value is -0.760. The topological polar surface area (TPSA) is 29.4 Å². The number of hydrogen-bond acceptors (Lipinski definition) is 2. The number of halogens is 2. The van der Waals surface area contributed by atoms with E-state index >= 15 is 0 Å². The van der Waals surface area contributed by atoms with Crippen molar-refractivity contribution in [3.63, 3.8) is 0 Å². The highest BCUT2D eigenvalue weighted by molar-refractivity contribution is 5.34. The molecule has 0 spiro atoms. The van der Waals surface area contributed by atoms with Crippen LogP contribution in [0.15, 0.2) is 4.99 Å². The largest absolute Gasteiger partial charge is 0.263 e. The van der Waals surface area contributed by atoms with Crippen LogP contribution in [0.5, 0.6) is 0 Å². The normalized spacial score (nSPS) is 11.2. The van der Waals surface area contributed by atoms with Crippen molar-refractivity contribution in [1.29, 1.82) is 0 Å². The average Bonchev–Trinajstić information content (AvgIpc) is 1.65. The van der Waals surface area contributed by atoms with Crippen molar-refractivity contribution >= 4 is 6.08 Å². The first-order chi connectivity index (χ1) is 4.00. The van der Waals surface area contributed by atoms with E-state index in [2.05, 4.69) is 4.99 Å². The lowest BCUT2D eigenvalue weighted by Gasteiger charge is -2.14. The van der Waals surface area contributed by atoms with Crippen LogP contribution < -0.4 is 0 Å². The van der Waals surface area contributed by atoms with E-state index in [1.54, 1.807) is 0 Å². The number of nitrogens with zero attached hydrogens (tertiary/aromatic N) is 1. The van der Waals surface area contributed by atoms with E-state index < -0.39 is 12.0 Å². The van der Waals surface area contributed by atoms with Gasteiger partial charge in [0.15, 0.2) is 0 Å². The fourth-order valence-corrected chi connectivity index (χ4v) is 0.166. The first kappa shape index (κ1) is 8.24. The molecule has 9 heavy (non-hydrogen) atoms. The summed E-state index contributed by atoms with van der Waals surface area (Å²) in [6, 6.07) is 0. The third-order valence-electron chi connectivity index (χ3n) is 0.868. The zero-order chi connectivity index (χ0) is 7.49. The lowest BCUT2D eigenvalue weighted by molar-refractivity contribution is 0.0753. The van der Waals surface area contributed by atoms with Crippen LogP contribution in [0.1, 0.15) is 13.8 Å². The van der Waals surface area contributed by atoms with Crippen LogP contribution in [0.3, 0.4) is 0 Å². The molecule has 0 aliphatic rings. The molecule has 0 aliphatic heterocycles. The van der Waals surface area contributed by atoms with Crippen LogP contribution in [0.4, 0.5) is 8.78 Å². The lowest BCUT2D eigenvalue weighted by atomic mass is 10.1. The molecule has 0 saturated carbocycles. The molecule has 0 rings (SSSR count). The van der Waals surface area contributed by atoms with Gasteiger partial charge in [0.05, 0.1) is 0 Å². The Morgan fingerprint density at radius 2 is 2.00 bits per heavy atom. The fourth-order valence-electron chi connectivity index (χ4n) is 0.166. The van der Waals surface area contributed by atoms with Crippen molar-refractivity contribution in [2.75, 3.05) is 0 Å². The van der Waals surface area contributed by atoms with Gasteiger partial charge in [-0.15, -0.1) is 0 Å². The van der Waals surface area contributed by atoms with Gasteiger partial charge in [-0.05, 0) is 13.8 Å². The van der Waals surface area contributed by atoms with Gasteiger partial charge in [0.2, 0.25) is 6.08 Å². The third-order valence-corrected chi connectivity index (χ3v) is 0.868. The van der Waals surface area contributed by atoms with Crippen molar-refractivity contribution in [1.82, 2.24) is 0 Å². The maximum Gasteiger partial charge on any atom is 0.263 e. The molecule has 0 bridgehead atoms. The predicted molar refractivity (Wildman–Crippen MR) is 28.2 cm³/mol. The Morgan fingerprint density at radius 3 is 2.11 bits per heavy atom. The number of rotatable bonds is 2. The maximum atomic E-state index is 11.7. The quantitative estimate of drug-likeness (QED) is 0.415. The summed E-state index contributed by atoms with van der Waals surface area (Å²) in [5.74, 6) is 0. The molecular formula is C5H7F2NO. The zero-order valence-corrected chi connectivity index (χ0v) is 5.19. The van der Waals surface area contributed by atoms with Crippen LogP contribution in [0.25, 0.3) is 0 Å². The van der Waals surface area contributed by atoms with Crippen LogP contribution in [-0.2, 0) is 4.79 Å². The zero-order valence-electron chi connectivity index (χ0n) is 5.19. The molecule has 0 atom stereocenters. The second-order valence-electron chi connectivity index (χ2n) is 2.16. The molecule has 52 valence electrons. The summed E-state index contributed by atoms with van der Waals surface area (Å²) in [5.41, 5.74) is -1.58. The van der Waals surface area contributed by atoms with Gasteiger partial charge < -0.3 is 0 Å². The van der Waals surface area contributed by atoms with Crippen LogP contribution in [0.2, 0.25) is 0 Å². The van der Waals surface area contributed by atoms with E-state index in [0.29, 0.717) is 0 Å². The Morgan fingerprint density at radius 1 is 1.56 bits per heavy atom. The second kappa shape index (κ2) is 2.69. The summed E-state index contributed by atoms with van der Waals surface area (Å²) in [6.07, 6.45) is -1.53. The number of aliphatic imine (C=N–C) groups is 1. The van der Waals surface area contributed by atoms with Gasteiger partial charge in [-0.2, -0.15) is 4.99 Å². The maximum absolute atomic E-state index is 11.7. The monoisotopic (exact) mass is 135 g/mol. The smallest absolute Gasteiger partial charge is 0.211 e. The van der Waals surface area contributed by atoms with E-state index in [-0.39, 0.29) is 0 Å². The Labute approximate surface area is 51.6 Å². The third kappa shape index (κ3) is 2.33. The van der Waals surface area contributed by atoms with Crippen LogP contribution in [0, 0.1) is 0 Å². The molecule has 0 unspecified atom stereocenters. The standard InChI is InChI=1S/C5H7F2NO/c1-5(2,4(6)7)8-3-9/h4H,1-2H3. The molecule has 0 N–H and O–H groups in total. The molecule has 0 aromatic carbocycles. The van der Waals surface area contributed by atoms with E-state index in [1.807, 2.05) is 0 Å². The molecule has 0 saturated heterocycles. The van der Waals surface area contributed by atoms with Gasteiger partial charge in [-0.3, -0.25) is 0 Å². The first-order valence-electron chi connectivity index (χ1n) is 2.38. The minimum absolute atomic E-state index is 1.08. The highest BCUT2D eigenvalue weighted by Gasteiger charge is 2.28. The molecule has 0 amide bonds. The van der Waals surface area contributed by atoms with Crippen molar-refractivity contribution in [3.8, 4) is 0 Å². The second-order valence-corrected chi connectivity index (χ2v) is 2.16. The lowest BCUT2D eigenvalue weighted by Crippen LogP contribution is -2.26. The number of isocyanates is 1. The van der Waals surface area contributed by atoms with Crippen molar-refractivity contribution in [2.45, 2.75) is 25.8 Å². The van der Waals surface area contributed by atoms with E-state index in [9.17, 15) is 13.6 Å². The summed E-state index contributed by atoms with van der Waals surface area (Å²) in [5, 5.41) is 0. The predicted octanol–water partition coefficient (Wildman–Crippen LogP) is 1.37. The van der Waals surface area contributed by atoms with Gasteiger partial charge >= 0.3 is 0 Å².